The highest BCUT2D eigenvalue weighted by Gasteiger charge is 2.21. The van der Waals surface area contributed by atoms with Gasteiger partial charge in [-0.15, -0.1) is 0 Å². The van der Waals surface area contributed by atoms with Crippen LogP contribution in [0.4, 0.5) is 21.9 Å². The van der Waals surface area contributed by atoms with Crippen molar-refractivity contribution < 1.29 is 9.53 Å². The average molecular weight is 500 g/mol. The fraction of sp³-hybridized carbons (Fsp3) is 0.406. The van der Waals surface area contributed by atoms with E-state index in [1.54, 1.807) is 0 Å². The summed E-state index contributed by atoms with van der Waals surface area (Å²) in [4.78, 5) is 18.1. The molecule has 1 heterocycles. The quantitative estimate of drug-likeness (QED) is 0.348. The number of urea groups is 1. The number of carbonyl (C=O) groups excluding carboxylic acids is 1. The van der Waals surface area contributed by atoms with Gasteiger partial charge in [0.05, 0.1) is 19.8 Å². The molecule has 0 radical (unpaired) electrons. The van der Waals surface area contributed by atoms with Crippen molar-refractivity contribution in [2.24, 2.45) is 0 Å². The smallest absolute Gasteiger partial charge is 0.326 e. The molecular formula is C32H41N3O2. The van der Waals surface area contributed by atoms with Crippen LogP contribution in [0.15, 0.2) is 66.7 Å². The Morgan fingerprint density at radius 3 is 1.97 bits per heavy atom. The van der Waals surface area contributed by atoms with Crippen LogP contribution in [-0.2, 0) is 17.7 Å². The van der Waals surface area contributed by atoms with E-state index < -0.39 is 0 Å². The second-order valence-corrected chi connectivity index (χ2v) is 10.4. The molecule has 1 aliphatic heterocycles. The van der Waals surface area contributed by atoms with Crippen LogP contribution >= 0.6 is 0 Å². The molecule has 0 aromatic heterocycles. The number of morpholine rings is 1. The Bertz CT molecular complexity index is 1140. The zero-order valence-corrected chi connectivity index (χ0v) is 23.0. The maximum absolute atomic E-state index is 13.9. The number of anilines is 3. The van der Waals surface area contributed by atoms with Gasteiger partial charge in [0, 0.05) is 30.2 Å². The number of para-hydroxylation sites is 1. The minimum absolute atomic E-state index is 0.114. The predicted octanol–water partition coefficient (Wildman–Crippen LogP) is 7.57. The van der Waals surface area contributed by atoms with Crippen LogP contribution in [-0.4, -0.2) is 32.3 Å². The molecule has 1 saturated heterocycles. The number of benzene rings is 3. The maximum Gasteiger partial charge on any atom is 0.326 e. The van der Waals surface area contributed by atoms with Gasteiger partial charge in [0.15, 0.2) is 0 Å². The lowest BCUT2D eigenvalue weighted by molar-refractivity contribution is 0.122. The van der Waals surface area contributed by atoms with Crippen molar-refractivity contribution >= 4 is 23.1 Å². The second kappa shape index (κ2) is 12.3. The molecule has 37 heavy (non-hydrogen) atoms. The third-order valence-corrected chi connectivity index (χ3v) is 7.16. The van der Waals surface area contributed by atoms with E-state index in [0.29, 0.717) is 18.4 Å². The fourth-order valence-corrected chi connectivity index (χ4v) is 4.88. The van der Waals surface area contributed by atoms with Crippen molar-refractivity contribution in [3.8, 4) is 0 Å². The zero-order valence-electron chi connectivity index (χ0n) is 23.0. The number of hydrogen-bond acceptors (Lipinski definition) is 3. The van der Waals surface area contributed by atoms with E-state index in [2.05, 4.69) is 112 Å². The minimum Gasteiger partial charge on any atom is -0.378 e. The molecule has 2 amide bonds. The van der Waals surface area contributed by atoms with E-state index in [9.17, 15) is 4.79 Å². The van der Waals surface area contributed by atoms with E-state index in [1.807, 2.05) is 4.90 Å². The number of aryl methyl sites for hydroxylation is 1. The summed E-state index contributed by atoms with van der Waals surface area (Å²) in [6, 6.07) is 23.1. The first-order valence-electron chi connectivity index (χ1n) is 13.6. The number of hydrogen-bond donors (Lipinski definition) is 1. The number of carbonyl (C=O) groups is 1. The van der Waals surface area contributed by atoms with E-state index in [-0.39, 0.29) is 6.03 Å². The van der Waals surface area contributed by atoms with E-state index in [1.165, 1.54) is 11.3 Å². The number of ether oxygens (including phenoxy) is 1. The summed E-state index contributed by atoms with van der Waals surface area (Å²) in [6.07, 6.45) is 0.967. The van der Waals surface area contributed by atoms with Crippen LogP contribution in [0.2, 0.25) is 0 Å². The molecule has 196 valence electrons. The molecule has 3 aromatic rings. The van der Waals surface area contributed by atoms with Crippen molar-refractivity contribution in [1.29, 1.82) is 0 Å². The highest BCUT2D eigenvalue weighted by Crippen LogP contribution is 2.33. The Morgan fingerprint density at radius 1 is 0.865 bits per heavy atom. The Kier molecular flexibility index (Phi) is 8.88. The van der Waals surface area contributed by atoms with Gasteiger partial charge in [-0.25, -0.2) is 4.79 Å². The van der Waals surface area contributed by atoms with Gasteiger partial charge in [0.1, 0.15) is 0 Å². The molecule has 0 spiro atoms. The first kappa shape index (κ1) is 26.7. The molecule has 0 atom stereocenters. The standard InChI is InChI=1S/C32H41N3O2/c1-6-25-10-16-28(17-11-25)35(22-26-12-14-27(15-13-26)34-18-20-37-21-19-34)32(36)33-31-29(23(2)3)8-7-9-30(31)24(4)5/h7-17,23-24H,6,18-22H2,1-5H3,(H,33,36). The van der Waals surface area contributed by atoms with Gasteiger partial charge in [-0.3, -0.25) is 4.90 Å². The molecule has 0 bridgehead atoms. The average Bonchev–Trinajstić information content (AvgIpc) is 2.92. The second-order valence-electron chi connectivity index (χ2n) is 10.4. The van der Waals surface area contributed by atoms with Crippen molar-refractivity contribution in [3.63, 3.8) is 0 Å². The van der Waals surface area contributed by atoms with E-state index >= 15 is 0 Å². The number of rotatable bonds is 8. The van der Waals surface area contributed by atoms with Crippen molar-refractivity contribution in [2.75, 3.05) is 41.4 Å². The SMILES string of the molecule is CCc1ccc(N(Cc2ccc(N3CCOCC3)cc2)C(=O)Nc2c(C(C)C)cccc2C(C)C)cc1. The summed E-state index contributed by atoms with van der Waals surface area (Å²) in [7, 11) is 0. The monoisotopic (exact) mass is 499 g/mol. The van der Waals surface area contributed by atoms with Crippen molar-refractivity contribution in [1.82, 2.24) is 0 Å². The first-order valence-corrected chi connectivity index (χ1v) is 13.6. The molecule has 4 rings (SSSR count). The Labute approximate surface area is 222 Å². The van der Waals surface area contributed by atoms with Gasteiger partial charge in [-0.2, -0.15) is 0 Å². The largest absolute Gasteiger partial charge is 0.378 e. The Hall–Kier alpha value is -3.31. The van der Waals surface area contributed by atoms with Crippen LogP contribution in [0, 0.1) is 0 Å². The first-order chi connectivity index (χ1) is 17.9. The fourth-order valence-electron chi connectivity index (χ4n) is 4.88. The van der Waals surface area contributed by atoms with Crippen LogP contribution in [0.25, 0.3) is 0 Å². The van der Waals surface area contributed by atoms with E-state index in [4.69, 9.17) is 4.74 Å². The van der Waals surface area contributed by atoms with Crippen molar-refractivity contribution in [3.05, 3.63) is 89.0 Å². The van der Waals surface area contributed by atoms with Gasteiger partial charge in [-0.1, -0.05) is 77.1 Å². The predicted molar refractivity (Wildman–Crippen MR) is 155 cm³/mol. The minimum atomic E-state index is -0.114. The zero-order chi connectivity index (χ0) is 26.4. The van der Waals surface area contributed by atoms with E-state index in [0.717, 1.165) is 60.8 Å². The molecule has 1 N–H and O–H groups in total. The van der Waals surface area contributed by atoms with Gasteiger partial charge in [-0.05, 0) is 64.8 Å². The molecular weight excluding hydrogens is 458 g/mol. The number of nitrogens with one attached hydrogen (secondary N) is 1. The third kappa shape index (κ3) is 6.53. The van der Waals surface area contributed by atoms with Crippen LogP contribution in [0.1, 0.15) is 68.7 Å². The van der Waals surface area contributed by atoms with Crippen molar-refractivity contribution in [2.45, 2.75) is 59.4 Å². The number of amides is 2. The molecule has 1 fully saturated rings. The Balaban J connectivity index is 1.63. The topological polar surface area (TPSA) is 44.8 Å². The highest BCUT2D eigenvalue weighted by molar-refractivity contribution is 6.02. The maximum atomic E-state index is 13.9. The van der Waals surface area contributed by atoms with Gasteiger partial charge < -0.3 is 15.0 Å². The van der Waals surface area contributed by atoms with Crippen LogP contribution in [0.5, 0.6) is 0 Å². The molecule has 1 aliphatic rings. The molecule has 0 saturated carbocycles. The molecule has 0 aliphatic carbocycles. The summed E-state index contributed by atoms with van der Waals surface area (Å²) in [6.45, 7) is 14.7. The summed E-state index contributed by atoms with van der Waals surface area (Å²) in [5.74, 6) is 0.609. The van der Waals surface area contributed by atoms with Crippen LogP contribution < -0.4 is 15.1 Å². The summed E-state index contributed by atoms with van der Waals surface area (Å²) < 4.78 is 5.49. The lowest BCUT2D eigenvalue weighted by atomic mass is 9.93. The summed E-state index contributed by atoms with van der Waals surface area (Å²) in [5.41, 5.74) is 7.70. The highest BCUT2D eigenvalue weighted by atomic mass is 16.5. The normalized spacial score (nSPS) is 13.8. The lowest BCUT2D eigenvalue weighted by Crippen LogP contribution is -2.36. The van der Waals surface area contributed by atoms with Gasteiger partial charge >= 0.3 is 6.03 Å². The summed E-state index contributed by atoms with van der Waals surface area (Å²) >= 11 is 0. The molecule has 5 nitrogen and oxygen atoms in total. The third-order valence-electron chi connectivity index (χ3n) is 7.16. The molecule has 5 heteroatoms. The molecule has 3 aromatic carbocycles. The Morgan fingerprint density at radius 2 is 1.43 bits per heavy atom. The van der Waals surface area contributed by atoms with Crippen LogP contribution in [0.3, 0.4) is 0 Å². The van der Waals surface area contributed by atoms with Gasteiger partial charge in [0.2, 0.25) is 0 Å². The summed E-state index contributed by atoms with van der Waals surface area (Å²) in [5, 5.41) is 3.32. The lowest BCUT2D eigenvalue weighted by Gasteiger charge is -2.29. The van der Waals surface area contributed by atoms with Gasteiger partial charge in [0.25, 0.3) is 0 Å². The molecule has 0 unspecified atom stereocenters. The number of nitrogens with zero attached hydrogens (tertiary/aromatic N) is 2.